The van der Waals surface area contributed by atoms with Crippen molar-refractivity contribution < 1.29 is 4.74 Å². The largest absolute Gasteiger partial charge is 0.381 e. The predicted octanol–water partition coefficient (Wildman–Crippen LogP) is 3.81. The molecule has 24 heavy (non-hydrogen) atoms. The molecule has 2 aliphatic heterocycles. The van der Waals surface area contributed by atoms with Gasteiger partial charge in [-0.25, -0.2) is 0 Å². The topological polar surface area (TPSA) is 15.7 Å². The minimum Gasteiger partial charge on any atom is -0.381 e. The van der Waals surface area contributed by atoms with Gasteiger partial charge in [0.05, 0.1) is 12.1 Å². The molecule has 1 unspecified atom stereocenters. The third kappa shape index (κ3) is 3.07. The fourth-order valence-corrected chi connectivity index (χ4v) is 6.40. The van der Waals surface area contributed by atoms with Crippen LogP contribution in [0.25, 0.3) is 0 Å². The lowest BCUT2D eigenvalue weighted by Gasteiger charge is -2.48. The van der Waals surface area contributed by atoms with Crippen LogP contribution in [0.4, 0.5) is 0 Å². The Kier molecular flexibility index (Phi) is 4.76. The Hall–Kier alpha value is -0.420. The Balaban J connectivity index is 1.40. The van der Waals surface area contributed by atoms with Gasteiger partial charge in [-0.3, -0.25) is 4.90 Å². The fraction of sp³-hybridized carbons (Fsp3) is 0.800. The van der Waals surface area contributed by atoms with E-state index in [-0.39, 0.29) is 5.54 Å². The number of nitrogens with zero attached hydrogens (tertiary/aromatic N) is 2. The van der Waals surface area contributed by atoms with E-state index in [9.17, 15) is 0 Å². The van der Waals surface area contributed by atoms with Gasteiger partial charge in [0, 0.05) is 24.6 Å². The van der Waals surface area contributed by atoms with E-state index in [0.29, 0.717) is 5.41 Å². The Morgan fingerprint density at radius 2 is 2.08 bits per heavy atom. The molecule has 0 radical (unpaired) electrons. The summed E-state index contributed by atoms with van der Waals surface area (Å²) in [4.78, 5) is 6.81. The molecule has 4 heteroatoms. The summed E-state index contributed by atoms with van der Waals surface area (Å²) >= 11 is 1.94. The molecular formula is C20H32N2OS. The highest BCUT2D eigenvalue weighted by molar-refractivity contribution is 7.10. The molecule has 0 N–H and O–H groups in total. The van der Waals surface area contributed by atoms with E-state index in [1.807, 2.05) is 11.3 Å². The molecule has 3 fully saturated rings. The smallest absolute Gasteiger partial charge is 0.0549 e. The second kappa shape index (κ2) is 6.71. The maximum absolute atomic E-state index is 5.57. The Bertz CT molecular complexity index is 528. The van der Waals surface area contributed by atoms with E-state index >= 15 is 0 Å². The van der Waals surface area contributed by atoms with E-state index < -0.39 is 0 Å². The van der Waals surface area contributed by atoms with Crippen molar-refractivity contribution in [1.29, 1.82) is 0 Å². The summed E-state index contributed by atoms with van der Waals surface area (Å²) in [5.74, 6) is 0.788. The number of likely N-dealkylation sites (tertiary alicyclic amines) is 1. The van der Waals surface area contributed by atoms with Gasteiger partial charge in [-0.1, -0.05) is 6.07 Å². The first-order valence-corrected chi connectivity index (χ1v) is 10.5. The summed E-state index contributed by atoms with van der Waals surface area (Å²) < 4.78 is 5.57. The lowest BCUT2D eigenvalue weighted by Crippen LogP contribution is -2.47. The van der Waals surface area contributed by atoms with Gasteiger partial charge >= 0.3 is 0 Å². The monoisotopic (exact) mass is 348 g/mol. The maximum Gasteiger partial charge on any atom is 0.0549 e. The van der Waals surface area contributed by atoms with Crippen LogP contribution < -0.4 is 0 Å². The van der Waals surface area contributed by atoms with Gasteiger partial charge in [-0.15, -0.1) is 11.3 Å². The van der Waals surface area contributed by atoms with E-state index in [0.717, 1.165) is 19.1 Å². The van der Waals surface area contributed by atoms with Crippen LogP contribution in [-0.2, 0) is 10.3 Å². The fourth-order valence-electron chi connectivity index (χ4n) is 5.34. The van der Waals surface area contributed by atoms with E-state index in [1.54, 1.807) is 4.88 Å². The number of ether oxygens (including phenoxy) is 1. The normalized spacial score (nSPS) is 37.7. The number of thiophene rings is 1. The van der Waals surface area contributed by atoms with Crippen LogP contribution in [-0.4, -0.2) is 56.7 Å². The van der Waals surface area contributed by atoms with Gasteiger partial charge in [0.25, 0.3) is 0 Å². The summed E-state index contributed by atoms with van der Waals surface area (Å²) in [5, 5.41) is 2.24. The lowest BCUT2D eigenvalue weighted by atomic mass is 9.66. The van der Waals surface area contributed by atoms with Gasteiger partial charge in [0.1, 0.15) is 0 Å². The zero-order valence-corrected chi connectivity index (χ0v) is 16.1. The van der Waals surface area contributed by atoms with Crippen molar-refractivity contribution in [1.82, 2.24) is 9.80 Å². The molecule has 1 aromatic heterocycles. The van der Waals surface area contributed by atoms with E-state index in [1.165, 1.54) is 58.2 Å². The van der Waals surface area contributed by atoms with Crippen LogP contribution in [0.15, 0.2) is 17.5 Å². The van der Waals surface area contributed by atoms with Gasteiger partial charge in [0.2, 0.25) is 0 Å². The number of hydrogen-bond acceptors (Lipinski definition) is 4. The molecule has 3 aliphatic rings. The summed E-state index contributed by atoms with van der Waals surface area (Å²) in [6.45, 7) is 5.88. The van der Waals surface area contributed by atoms with Crippen molar-refractivity contribution in [2.45, 2.75) is 44.1 Å². The van der Waals surface area contributed by atoms with E-state index in [2.05, 4.69) is 41.4 Å². The molecular weight excluding hydrogens is 316 g/mol. The highest BCUT2D eigenvalue weighted by atomic mass is 32.1. The average molecular weight is 349 g/mol. The predicted molar refractivity (Wildman–Crippen MR) is 101 cm³/mol. The quantitative estimate of drug-likeness (QED) is 0.823. The van der Waals surface area contributed by atoms with Crippen molar-refractivity contribution in [2.24, 2.45) is 11.3 Å². The Morgan fingerprint density at radius 1 is 1.25 bits per heavy atom. The summed E-state index contributed by atoms with van der Waals surface area (Å²) in [6, 6.07) is 4.57. The SMILES string of the molecule is CN(C)C1(c2cccs2)CCC2(CCN(CC3CCOC3)C2)CC1. The van der Waals surface area contributed by atoms with Gasteiger partial charge in [-0.05, 0) is 81.9 Å². The zero-order chi connectivity index (χ0) is 16.6. The maximum atomic E-state index is 5.57. The van der Waals surface area contributed by atoms with Crippen LogP contribution in [0.5, 0.6) is 0 Å². The van der Waals surface area contributed by atoms with Crippen molar-refractivity contribution in [2.75, 3.05) is 46.9 Å². The number of rotatable bonds is 4. The second-order valence-electron chi connectivity index (χ2n) is 8.62. The molecule has 0 aromatic carbocycles. The van der Waals surface area contributed by atoms with Crippen molar-refractivity contribution in [3.8, 4) is 0 Å². The molecule has 1 spiro atoms. The van der Waals surface area contributed by atoms with Crippen molar-refractivity contribution in [3.05, 3.63) is 22.4 Å². The first kappa shape index (κ1) is 17.0. The first-order chi connectivity index (χ1) is 11.6. The Morgan fingerprint density at radius 3 is 2.71 bits per heavy atom. The highest BCUT2D eigenvalue weighted by Gasteiger charge is 2.48. The molecule has 1 aromatic rings. The molecule has 4 rings (SSSR count). The molecule has 0 bridgehead atoms. The van der Waals surface area contributed by atoms with Crippen molar-refractivity contribution >= 4 is 11.3 Å². The lowest BCUT2D eigenvalue weighted by molar-refractivity contribution is 0.0399. The third-order valence-electron chi connectivity index (χ3n) is 7.03. The third-order valence-corrected chi connectivity index (χ3v) is 8.09. The molecule has 1 saturated carbocycles. The van der Waals surface area contributed by atoms with Crippen LogP contribution >= 0.6 is 11.3 Å². The van der Waals surface area contributed by atoms with Crippen LogP contribution in [0, 0.1) is 11.3 Å². The summed E-state index contributed by atoms with van der Waals surface area (Å²) in [6.07, 6.45) is 8.10. The standard InChI is InChI=1S/C20H32N2OS/c1-21(2)20(18-4-3-13-24-18)8-6-19(7-9-20)10-11-22(16-19)14-17-5-12-23-15-17/h3-4,13,17H,5-12,14-16H2,1-2H3. The Labute approximate surface area is 151 Å². The van der Waals surface area contributed by atoms with Gasteiger partial charge < -0.3 is 9.64 Å². The summed E-state index contributed by atoms with van der Waals surface area (Å²) in [7, 11) is 4.55. The molecule has 134 valence electrons. The minimum atomic E-state index is 0.284. The molecule has 0 amide bonds. The minimum absolute atomic E-state index is 0.284. The van der Waals surface area contributed by atoms with Gasteiger partial charge in [0.15, 0.2) is 0 Å². The molecule has 3 nitrogen and oxygen atoms in total. The highest BCUT2D eigenvalue weighted by Crippen LogP contribution is 2.52. The van der Waals surface area contributed by atoms with Crippen LogP contribution in [0.1, 0.15) is 43.4 Å². The van der Waals surface area contributed by atoms with Crippen molar-refractivity contribution in [3.63, 3.8) is 0 Å². The number of hydrogen-bond donors (Lipinski definition) is 0. The summed E-state index contributed by atoms with van der Waals surface area (Å²) in [5.41, 5.74) is 0.877. The van der Waals surface area contributed by atoms with Crippen LogP contribution in [0.3, 0.4) is 0 Å². The average Bonchev–Trinajstić information content (AvgIpc) is 3.32. The molecule has 1 aliphatic carbocycles. The van der Waals surface area contributed by atoms with Gasteiger partial charge in [-0.2, -0.15) is 0 Å². The zero-order valence-electron chi connectivity index (χ0n) is 15.3. The van der Waals surface area contributed by atoms with E-state index in [4.69, 9.17) is 4.74 Å². The molecule has 1 atom stereocenters. The first-order valence-electron chi connectivity index (χ1n) is 9.64. The molecule has 3 heterocycles. The molecule has 2 saturated heterocycles. The second-order valence-corrected chi connectivity index (χ2v) is 9.57. The van der Waals surface area contributed by atoms with Crippen LogP contribution in [0.2, 0.25) is 0 Å².